The van der Waals surface area contributed by atoms with Crippen LogP contribution in [0.4, 0.5) is 17.6 Å². The summed E-state index contributed by atoms with van der Waals surface area (Å²) in [4.78, 5) is 0. The number of hydrogen-bond donors (Lipinski definition) is 1. The third kappa shape index (κ3) is 2.64. The molecule has 0 spiro atoms. The molecule has 2 aromatic rings. The summed E-state index contributed by atoms with van der Waals surface area (Å²) in [7, 11) is 0. The quantitative estimate of drug-likeness (QED) is 0.651. The largest absolute Gasteiger partial charge is 0.320 e. The molecule has 106 valence electrons. The highest BCUT2D eigenvalue weighted by Crippen LogP contribution is 2.30. The van der Waals surface area contributed by atoms with E-state index in [-0.39, 0.29) is 21.7 Å². The van der Waals surface area contributed by atoms with Crippen LogP contribution >= 0.6 is 11.6 Å². The summed E-state index contributed by atoms with van der Waals surface area (Å²) in [5.41, 5.74) is 5.99. The predicted molar refractivity (Wildman–Crippen MR) is 68.5 cm³/mol. The van der Waals surface area contributed by atoms with Crippen molar-refractivity contribution >= 4 is 11.6 Å². The Hall–Kier alpha value is -1.59. The van der Waals surface area contributed by atoms with Gasteiger partial charge in [-0.25, -0.2) is 17.6 Å². The Balaban J connectivity index is 2.54. The molecule has 1 unspecified atom stereocenters. The molecule has 2 N–H and O–H groups in total. The molecule has 0 fully saturated rings. The van der Waals surface area contributed by atoms with Gasteiger partial charge in [0.15, 0.2) is 11.6 Å². The Bertz CT molecular complexity index is 615. The van der Waals surface area contributed by atoms with Crippen molar-refractivity contribution in [2.45, 2.75) is 13.0 Å². The summed E-state index contributed by atoms with van der Waals surface area (Å²) in [6.45, 7) is 1.44. The molecule has 6 heteroatoms. The van der Waals surface area contributed by atoms with Crippen molar-refractivity contribution in [1.29, 1.82) is 0 Å². The lowest BCUT2D eigenvalue weighted by Gasteiger charge is -2.16. The first kappa shape index (κ1) is 14.8. The topological polar surface area (TPSA) is 26.0 Å². The maximum Gasteiger partial charge on any atom is 0.160 e. The monoisotopic (exact) mass is 303 g/mol. The van der Waals surface area contributed by atoms with Gasteiger partial charge in [0.25, 0.3) is 0 Å². The fraction of sp³-hybridized carbons (Fsp3) is 0.143. The van der Waals surface area contributed by atoms with Crippen LogP contribution in [0, 0.1) is 30.2 Å². The van der Waals surface area contributed by atoms with Gasteiger partial charge in [0.2, 0.25) is 0 Å². The number of rotatable bonds is 2. The molecule has 2 rings (SSSR count). The van der Waals surface area contributed by atoms with Gasteiger partial charge in [0.1, 0.15) is 11.6 Å². The van der Waals surface area contributed by atoms with Crippen molar-refractivity contribution in [3.8, 4) is 0 Å². The summed E-state index contributed by atoms with van der Waals surface area (Å²) < 4.78 is 53.2. The van der Waals surface area contributed by atoms with Crippen molar-refractivity contribution < 1.29 is 17.6 Å². The van der Waals surface area contributed by atoms with Crippen LogP contribution in [0.15, 0.2) is 24.3 Å². The molecule has 0 radical (unpaired) electrons. The highest BCUT2D eigenvalue weighted by Gasteiger charge is 2.20. The molecule has 0 saturated carbocycles. The van der Waals surface area contributed by atoms with Crippen molar-refractivity contribution in [1.82, 2.24) is 0 Å². The van der Waals surface area contributed by atoms with Gasteiger partial charge in [-0.05, 0) is 36.2 Å². The smallest absolute Gasteiger partial charge is 0.160 e. The van der Waals surface area contributed by atoms with Crippen molar-refractivity contribution in [3.63, 3.8) is 0 Å². The minimum Gasteiger partial charge on any atom is -0.320 e. The van der Waals surface area contributed by atoms with Gasteiger partial charge in [-0.2, -0.15) is 0 Å². The van der Waals surface area contributed by atoms with Crippen LogP contribution in [-0.4, -0.2) is 0 Å². The second-order valence-electron chi connectivity index (χ2n) is 4.39. The Labute approximate surface area is 118 Å². The van der Waals surface area contributed by atoms with E-state index in [4.69, 9.17) is 17.3 Å². The SMILES string of the molecule is Cc1cc(C(N)c2cc(F)c(F)cc2Cl)c(F)cc1F. The minimum atomic E-state index is -1.14. The van der Waals surface area contributed by atoms with Crippen LogP contribution in [0.3, 0.4) is 0 Å². The summed E-state index contributed by atoms with van der Waals surface area (Å²) in [5.74, 6) is -3.85. The Morgan fingerprint density at radius 3 is 2.10 bits per heavy atom. The van der Waals surface area contributed by atoms with Crippen LogP contribution in [0.5, 0.6) is 0 Å². The van der Waals surface area contributed by atoms with Crippen molar-refractivity contribution in [3.05, 3.63) is 69.2 Å². The number of halogens is 5. The summed E-state index contributed by atoms with van der Waals surface area (Å²) in [5, 5.41) is -0.127. The van der Waals surface area contributed by atoms with E-state index in [1.54, 1.807) is 0 Å². The second-order valence-corrected chi connectivity index (χ2v) is 4.80. The van der Waals surface area contributed by atoms with Crippen LogP contribution < -0.4 is 5.73 Å². The van der Waals surface area contributed by atoms with Gasteiger partial charge < -0.3 is 5.73 Å². The lowest BCUT2D eigenvalue weighted by atomic mass is 9.97. The molecule has 2 aromatic carbocycles. The average Bonchev–Trinajstić information content (AvgIpc) is 2.37. The van der Waals surface area contributed by atoms with E-state index in [0.717, 1.165) is 12.1 Å². The standard InChI is InChI=1S/C14H10ClF4N/c1-6-2-8(11(17)5-10(6)16)14(20)7-3-12(18)13(19)4-9(7)15/h2-5,14H,20H2,1H3. The van der Waals surface area contributed by atoms with E-state index >= 15 is 0 Å². The first-order chi connectivity index (χ1) is 9.31. The van der Waals surface area contributed by atoms with Gasteiger partial charge in [-0.15, -0.1) is 0 Å². The molecule has 0 aromatic heterocycles. The molecule has 0 amide bonds. The molecular formula is C14H10ClF4N. The zero-order valence-electron chi connectivity index (χ0n) is 10.4. The van der Waals surface area contributed by atoms with Crippen LogP contribution in [-0.2, 0) is 0 Å². The number of aryl methyl sites for hydroxylation is 1. The Kier molecular flexibility index (Phi) is 4.01. The average molecular weight is 304 g/mol. The number of nitrogens with two attached hydrogens (primary N) is 1. The van der Waals surface area contributed by atoms with E-state index < -0.39 is 29.3 Å². The van der Waals surface area contributed by atoms with Gasteiger partial charge >= 0.3 is 0 Å². The molecule has 1 nitrogen and oxygen atoms in total. The fourth-order valence-corrected chi connectivity index (χ4v) is 2.13. The lowest BCUT2D eigenvalue weighted by Crippen LogP contribution is -2.15. The van der Waals surface area contributed by atoms with Crippen molar-refractivity contribution in [2.75, 3.05) is 0 Å². The maximum atomic E-state index is 13.7. The van der Waals surface area contributed by atoms with Gasteiger partial charge in [0.05, 0.1) is 6.04 Å². The van der Waals surface area contributed by atoms with Crippen molar-refractivity contribution in [2.24, 2.45) is 5.73 Å². The molecule has 0 aliphatic carbocycles. The predicted octanol–water partition coefficient (Wildman–Crippen LogP) is 4.25. The molecule has 0 bridgehead atoms. The first-order valence-electron chi connectivity index (χ1n) is 5.66. The second kappa shape index (κ2) is 5.42. The third-order valence-electron chi connectivity index (χ3n) is 2.99. The summed E-state index contributed by atoms with van der Waals surface area (Å²) in [6, 6.07) is 2.35. The number of benzene rings is 2. The van der Waals surface area contributed by atoms with E-state index in [0.29, 0.717) is 6.07 Å². The van der Waals surface area contributed by atoms with E-state index in [2.05, 4.69) is 0 Å². The molecule has 0 aliphatic rings. The first-order valence-corrected chi connectivity index (χ1v) is 6.04. The van der Waals surface area contributed by atoms with Crippen LogP contribution in [0.2, 0.25) is 5.02 Å². The zero-order valence-corrected chi connectivity index (χ0v) is 11.1. The summed E-state index contributed by atoms with van der Waals surface area (Å²) in [6.07, 6.45) is 0. The fourth-order valence-electron chi connectivity index (χ4n) is 1.86. The highest BCUT2D eigenvalue weighted by molar-refractivity contribution is 6.31. The van der Waals surface area contributed by atoms with Crippen LogP contribution in [0.1, 0.15) is 22.7 Å². The lowest BCUT2D eigenvalue weighted by molar-refractivity contribution is 0.505. The van der Waals surface area contributed by atoms with E-state index in [9.17, 15) is 17.6 Å². The third-order valence-corrected chi connectivity index (χ3v) is 3.31. The van der Waals surface area contributed by atoms with Gasteiger partial charge in [0, 0.05) is 16.7 Å². The van der Waals surface area contributed by atoms with E-state index in [1.165, 1.54) is 13.0 Å². The molecule has 0 aliphatic heterocycles. The molecular weight excluding hydrogens is 294 g/mol. The van der Waals surface area contributed by atoms with Gasteiger partial charge in [-0.1, -0.05) is 11.6 Å². The number of hydrogen-bond acceptors (Lipinski definition) is 1. The molecule has 20 heavy (non-hydrogen) atoms. The molecule has 1 atom stereocenters. The Morgan fingerprint density at radius 2 is 1.45 bits per heavy atom. The maximum absolute atomic E-state index is 13.7. The molecule has 0 saturated heterocycles. The molecule has 0 heterocycles. The highest BCUT2D eigenvalue weighted by atomic mass is 35.5. The van der Waals surface area contributed by atoms with E-state index in [1.807, 2.05) is 0 Å². The minimum absolute atomic E-state index is 0.0236. The van der Waals surface area contributed by atoms with Gasteiger partial charge in [-0.3, -0.25) is 0 Å². The summed E-state index contributed by atoms with van der Waals surface area (Å²) >= 11 is 5.79. The van der Waals surface area contributed by atoms with Crippen LogP contribution in [0.25, 0.3) is 0 Å². The normalized spacial score (nSPS) is 12.6. The zero-order chi connectivity index (χ0) is 15.0. The Morgan fingerprint density at radius 1 is 0.850 bits per heavy atom.